The minimum absolute atomic E-state index is 0.130. The van der Waals surface area contributed by atoms with Gasteiger partial charge < -0.3 is 45.2 Å². The number of methoxy groups -OCH3 is 1. The fraction of sp³-hybridized carbons (Fsp3) is 0.526. The predicted molar refractivity (Wildman–Crippen MR) is 190 cm³/mol. The zero-order valence-electron chi connectivity index (χ0n) is 28.7. The number of aromatic nitrogens is 1. The van der Waals surface area contributed by atoms with Crippen LogP contribution in [0, 0.1) is 0 Å². The summed E-state index contributed by atoms with van der Waals surface area (Å²) in [6.07, 6.45) is 2.02. The molecule has 1 heterocycles. The van der Waals surface area contributed by atoms with Crippen molar-refractivity contribution in [2.24, 2.45) is 0 Å². The summed E-state index contributed by atoms with van der Waals surface area (Å²) in [6.45, 7) is 2.51. The number of pyridine rings is 1. The van der Waals surface area contributed by atoms with E-state index in [0.29, 0.717) is 24.1 Å². The van der Waals surface area contributed by atoms with E-state index in [-0.39, 0.29) is 31.2 Å². The van der Waals surface area contributed by atoms with Gasteiger partial charge >= 0.3 is 0 Å². The summed E-state index contributed by atoms with van der Waals surface area (Å²) in [5, 5.41) is 53.9. The first-order valence-corrected chi connectivity index (χ1v) is 17.8. The standard InChI is InChI=1S/C38H50ClN3O8/c1-24(6-5-17-42(18-19-49-2)37(48)36(47)35(46)34(45)32(44)23-43)25-9-12-31(39)26(20-25)21-41-38(14-15-38)30-22-40-16-13-28(30)29-7-3-4-8-33(29)50-27-10-11-27/h3-4,7-9,12-13,16,20,22,24,27,32,34-36,41,43-47H,5-6,10-11,14-15,17-19,21,23H2,1-2H3/t24?,32-,34+,35-,36-/m0/s1. The van der Waals surface area contributed by atoms with Gasteiger partial charge in [-0.05, 0) is 84.9 Å². The SMILES string of the molecule is COCCN(CCCC(C)c1ccc(Cl)c(CNC2(c3cnccc3-c3ccccc3OC3CC3)CC2)c1)C(=O)[C@@H](O)[C@@H](O)[C@H](O)[C@@H](O)CO. The van der Waals surface area contributed by atoms with Gasteiger partial charge in [0, 0.05) is 55.3 Å². The lowest BCUT2D eigenvalue weighted by Crippen LogP contribution is -2.53. The number of rotatable bonds is 20. The van der Waals surface area contributed by atoms with Crippen LogP contribution in [0.1, 0.15) is 68.1 Å². The Bertz CT molecular complexity index is 1570. The third kappa shape index (κ3) is 9.40. The number of amides is 1. The van der Waals surface area contributed by atoms with Crippen LogP contribution >= 0.6 is 11.6 Å². The topological polar surface area (TPSA) is 165 Å². The van der Waals surface area contributed by atoms with Crippen molar-refractivity contribution in [3.05, 3.63) is 82.6 Å². The number of aliphatic hydroxyl groups excluding tert-OH is 5. The second-order valence-electron chi connectivity index (χ2n) is 13.6. The molecule has 2 aromatic carbocycles. The molecule has 0 saturated heterocycles. The highest BCUT2D eigenvalue weighted by Crippen LogP contribution is 2.50. The molecule has 2 aliphatic rings. The quantitative estimate of drug-likeness (QED) is 0.102. The molecule has 0 radical (unpaired) electrons. The van der Waals surface area contributed by atoms with E-state index in [2.05, 4.69) is 35.4 Å². The number of carbonyl (C=O) groups is 1. The van der Waals surface area contributed by atoms with Crippen LogP contribution in [-0.2, 0) is 21.6 Å². The lowest BCUT2D eigenvalue weighted by molar-refractivity contribution is -0.159. The number of nitrogens with one attached hydrogen (secondary N) is 1. The van der Waals surface area contributed by atoms with Crippen LogP contribution in [0.4, 0.5) is 0 Å². The van der Waals surface area contributed by atoms with Crippen molar-refractivity contribution in [3.8, 4) is 16.9 Å². The maximum atomic E-state index is 13.0. The fourth-order valence-corrected chi connectivity index (χ4v) is 6.46. The molecule has 1 amide bonds. The summed E-state index contributed by atoms with van der Waals surface area (Å²) in [5.41, 5.74) is 5.22. The third-order valence-corrected chi connectivity index (χ3v) is 10.2. The molecular weight excluding hydrogens is 662 g/mol. The van der Waals surface area contributed by atoms with Crippen LogP contribution in [0.5, 0.6) is 5.75 Å². The van der Waals surface area contributed by atoms with Crippen molar-refractivity contribution in [2.75, 3.05) is 33.4 Å². The predicted octanol–water partition coefficient (Wildman–Crippen LogP) is 3.52. The molecule has 0 spiro atoms. The molecule has 272 valence electrons. The van der Waals surface area contributed by atoms with Gasteiger partial charge in [-0.1, -0.05) is 48.9 Å². The van der Waals surface area contributed by atoms with Crippen molar-refractivity contribution in [1.82, 2.24) is 15.2 Å². The van der Waals surface area contributed by atoms with Crippen molar-refractivity contribution >= 4 is 17.5 Å². The van der Waals surface area contributed by atoms with E-state index in [0.717, 1.165) is 65.7 Å². The van der Waals surface area contributed by atoms with Crippen molar-refractivity contribution < 1.29 is 39.8 Å². The van der Waals surface area contributed by atoms with Gasteiger partial charge in [-0.2, -0.15) is 0 Å². The second kappa shape index (κ2) is 17.4. The first-order chi connectivity index (χ1) is 24.1. The van der Waals surface area contributed by atoms with Gasteiger partial charge in [-0.25, -0.2) is 0 Å². The molecule has 0 bridgehead atoms. The van der Waals surface area contributed by atoms with Crippen LogP contribution in [0.15, 0.2) is 60.9 Å². The highest BCUT2D eigenvalue weighted by Gasteiger charge is 2.46. The third-order valence-electron chi connectivity index (χ3n) is 9.79. The number of para-hydroxylation sites is 1. The van der Waals surface area contributed by atoms with Gasteiger partial charge in [0.05, 0.1) is 19.3 Å². The lowest BCUT2D eigenvalue weighted by Gasteiger charge is -2.30. The van der Waals surface area contributed by atoms with E-state index in [1.807, 2.05) is 42.7 Å². The van der Waals surface area contributed by atoms with Gasteiger partial charge in [0.1, 0.15) is 24.1 Å². The maximum Gasteiger partial charge on any atom is 0.254 e. The molecule has 1 aromatic heterocycles. The maximum absolute atomic E-state index is 13.0. The van der Waals surface area contributed by atoms with Gasteiger partial charge in [0.25, 0.3) is 5.91 Å². The number of ether oxygens (including phenoxy) is 2. The highest BCUT2D eigenvalue weighted by atomic mass is 35.5. The molecule has 11 nitrogen and oxygen atoms in total. The van der Waals surface area contributed by atoms with Gasteiger partial charge in [0.15, 0.2) is 6.10 Å². The van der Waals surface area contributed by atoms with E-state index in [1.165, 1.54) is 12.0 Å². The lowest BCUT2D eigenvalue weighted by atomic mass is 9.93. The smallest absolute Gasteiger partial charge is 0.254 e. The number of halogens is 1. The van der Waals surface area contributed by atoms with Crippen molar-refractivity contribution in [1.29, 1.82) is 0 Å². The van der Waals surface area contributed by atoms with E-state index in [9.17, 15) is 25.2 Å². The van der Waals surface area contributed by atoms with Crippen LogP contribution in [-0.4, -0.2) is 105 Å². The first kappa shape index (κ1) is 38.1. The molecular formula is C38H50ClN3O8. The van der Waals surface area contributed by atoms with E-state index in [4.69, 9.17) is 26.2 Å². The van der Waals surface area contributed by atoms with Gasteiger partial charge in [-0.15, -0.1) is 0 Å². The Morgan fingerprint density at radius 3 is 2.52 bits per heavy atom. The molecule has 2 fully saturated rings. The highest BCUT2D eigenvalue weighted by molar-refractivity contribution is 6.31. The van der Waals surface area contributed by atoms with Gasteiger partial charge in [0.2, 0.25) is 0 Å². The average Bonchev–Trinajstić information content (AvgIpc) is 4.09. The molecule has 2 aliphatic carbocycles. The van der Waals surface area contributed by atoms with E-state index >= 15 is 0 Å². The Morgan fingerprint density at radius 1 is 1.06 bits per heavy atom. The molecule has 1 unspecified atom stereocenters. The molecule has 50 heavy (non-hydrogen) atoms. The van der Waals surface area contributed by atoms with Gasteiger partial charge in [-0.3, -0.25) is 9.78 Å². The number of aliphatic hydroxyl groups is 5. The molecule has 2 saturated carbocycles. The molecule has 0 aliphatic heterocycles. The Morgan fingerprint density at radius 2 is 1.82 bits per heavy atom. The molecule has 3 aromatic rings. The zero-order chi connectivity index (χ0) is 35.8. The Kier molecular flexibility index (Phi) is 13.3. The molecule has 5 atom stereocenters. The van der Waals surface area contributed by atoms with Crippen LogP contribution < -0.4 is 10.1 Å². The molecule has 6 N–H and O–H groups in total. The Labute approximate surface area is 298 Å². The summed E-state index contributed by atoms with van der Waals surface area (Å²) < 4.78 is 11.4. The number of benzene rings is 2. The van der Waals surface area contributed by atoms with E-state index < -0.39 is 36.9 Å². The summed E-state index contributed by atoms with van der Waals surface area (Å²) in [7, 11) is 1.50. The number of carbonyl (C=O) groups excluding carboxylic acids is 1. The van der Waals surface area contributed by atoms with E-state index in [1.54, 1.807) is 0 Å². The summed E-state index contributed by atoms with van der Waals surface area (Å²) in [6, 6.07) is 16.3. The second-order valence-corrected chi connectivity index (χ2v) is 14.0. The first-order valence-electron chi connectivity index (χ1n) is 17.4. The average molecular weight is 712 g/mol. The molecule has 5 rings (SSSR count). The minimum Gasteiger partial charge on any atom is -0.490 e. The normalized spacial score (nSPS) is 18.2. The van der Waals surface area contributed by atoms with Crippen molar-refractivity contribution in [2.45, 2.75) is 94.0 Å². The fourth-order valence-electron chi connectivity index (χ4n) is 6.28. The minimum atomic E-state index is -1.98. The van der Waals surface area contributed by atoms with Crippen LogP contribution in [0.3, 0.4) is 0 Å². The number of hydrogen-bond acceptors (Lipinski definition) is 10. The zero-order valence-corrected chi connectivity index (χ0v) is 29.5. The summed E-state index contributed by atoms with van der Waals surface area (Å²) in [4.78, 5) is 18.9. The largest absolute Gasteiger partial charge is 0.490 e. The van der Waals surface area contributed by atoms with Crippen LogP contribution in [0.25, 0.3) is 11.1 Å². The Hall–Kier alpha value is -3.13. The monoisotopic (exact) mass is 711 g/mol. The Balaban J connectivity index is 1.21. The number of hydrogen-bond donors (Lipinski definition) is 6. The number of nitrogens with zero attached hydrogens (tertiary/aromatic N) is 2. The summed E-state index contributed by atoms with van der Waals surface area (Å²) >= 11 is 6.72. The summed E-state index contributed by atoms with van der Waals surface area (Å²) in [5.74, 6) is 0.237. The molecule has 12 heteroatoms. The van der Waals surface area contributed by atoms with Crippen LogP contribution in [0.2, 0.25) is 5.02 Å². The van der Waals surface area contributed by atoms with Crippen molar-refractivity contribution in [3.63, 3.8) is 0 Å².